The van der Waals surface area contributed by atoms with Crippen molar-refractivity contribution in [3.05, 3.63) is 47.5 Å². The molecule has 0 radical (unpaired) electrons. The van der Waals surface area contributed by atoms with Gasteiger partial charge in [-0.25, -0.2) is 4.98 Å². The summed E-state index contributed by atoms with van der Waals surface area (Å²) in [5.74, 6) is 1.02. The Balaban J connectivity index is 2.50. The van der Waals surface area contributed by atoms with Crippen LogP contribution in [-0.4, -0.2) is 16.1 Å². The van der Waals surface area contributed by atoms with E-state index in [9.17, 15) is 0 Å². The smallest absolute Gasteiger partial charge is 0.114 e. The lowest BCUT2D eigenvalue weighted by Gasteiger charge is -2.12. The van der Waals surface area contributed by atoms with E-state index >= 15 is 0 Å². The van der Waals surface area contributed by atoms with Gasteiger partial charge in [0.25, 0.3) is 0 Å². The minimum absolute atomic E-state index is 0.627. The van der Waals surface area contributed by atoms with Crippen LogP contribution in [0.2, 0.25) is 0 Å². The zero-order valence-corrected chi connectivity index (χ0v) is 9.77. The zero-order valence-electron chi connectivity index (χ0n) is 9.77. The summed E-state index contributed by atoms with van der Waals surface area (Å²) in [5, 5.41) is 0. The van der Waals surface area contributed by atoms with Gasteiger partial charge in [-0.2, -0.15) is 0 Å². The van der Waals surface area contributed by atoms with E-state index in [4.69, 9.17) is 5.73 Å². The van der Waals surface area contributed by atoms with E-state index in [2.05, 4.69) is 41.6 Å². The molecular formula is C13H17N3. The molecule has 1 aromatic carbocycles. The largest absolute Gasteiger partial charge is 0.330 e. The SMILES string of the molecule is Cc1cccc(-n2ccnc2CCN)c1C. The number of aromatic nitrogens is 2. The van der Waals surface area contributed by atoms with Crippen LogP contribution in [0, 0.1) is 13.8 Å². The molecule has 0 amide bonds. The number of hydrogen-bond acceptors (Lipinski definition) is 2. The Morgan fingerprint density at radius 1 is 1.31 bits per heavy atom. The molecule has 1 aromatic heterocycles. The van der Waals surface area contributed by atoms with E-state index in [0.717, 1.165) is 12.2 Å². The molecule has 0 bridgehead atoms. The van der Waals surface area contributed by atoms with E-state index in [1.54, 1.807) is 0 Å². The molecule has 3 nitrogen and oxygen atoms in total. The summed E-state index contributed by atoms with van der Waals surface area (Å²) in [5.41, 5.74) is 9.36. The van der Waals surface area contributed by atoms with E-state index in [-0.39, 0.29) is 0 Å². The number of nitrogens with two attached hydrogens (primary N) is 1. The normalized spacial score (nSPS) is 10.7. The lowest BCUT2D eigenvalue weighted by Crippen LogP contribution is -2.09. The second kappa shape index (κ2) is 4.49. The second-order valence-corrected chi connectivity index (χ2v) is 3.97. The lowest BCUT2D eigenvalue weighted by molar-refractivity contribution is 0.833. The first-order valence-corrected chi connectivity index (χ1v) is 5.53. The Hall–Kier alpha value is -1.61. The maximum atomic E-state index is 5.58. The van der Waals surface area contributed by atoms with Crippen molar-refractivity contribution in [1.82, 2.24) is 9.55 Å². The van der Waals surface area contributed by atoms with Crippen LogP contribution in [0.3, 0.4) is 0 Å². The van der Waals surface area contributed by atoms with Crippen LogP contribution < -0.4 is 5.73 Å². The molecule has 16 heavy (non-hydrogen) atoms. The average Bonchev–Trinajstić information content (AvgIpc) is 2.71. The maximum absolute atomic E-state index is 5.58. The topological polar surface area (TPSA) is 43.8 Å². The fourth-order valence-corrected chi connectivity index (χ4v) is 1.86. The van der Waals surface area contributed by atoms with Gasteiger partial charge in [-0.3, -0.25) is 0 Å². The third-order valence-corrected chi connectivity index (χ3v) is 2.92. The fourth-order valence-electron chi connectivity index (χ4n) is 1.86. The summed E-state index contributed by atoms with van der Waals surface area (Å²) in [7, 11) is 0. The van der Waals surface area contributed by atoms with Gasteiger partial charge in [0, 0.05) is 24.5 Å². The molecule has 0 fully saturated rings. The Morgan fingerprint density at radius 3 is 2.88 bits per heavy atom. The Kier molecular flexibility index (Phi) is 3.06. The second-order valence-electron chi connectivity index (χ2n) is 3.97. The van der Waals surface area contributed by atoms with Crippen LogP contribution in [0.4, 0.5) is 0 Å². The molecule has 0 atom stereocenters. The third-order valence-electron chi connectivity index (χ3n) is 2.92. The molecule has 0 aliphatic heterocycles. The fraction of sp³-hybridized carbons (Fsp3) is 0.308. The highest BCUT2D eigenvalue weighted by Crippen LogP contribution is 2.18. The number of hydrogen-bond donors (Lipinski definition) is 1. The maximum Gasteiger partial charge on any atom is 0.114 e. The molecule has 0 aliphatic carbocycles. The summed E-state index contributed by atoms with van der Waals surface area (Å²) >= 11 is 0. The van der Waals surface area contributed by atoms with Gasteiger partial charge >= 0.3 is 0 Å². The first kappa shape index (κ1) is 10.9. The minimum Gasteiger partial charge on any atom is -0.330 e. The predicted octanol–water partition coefficient (Wildman–Crippen LogP) is 1.99. The van der Waals surface area contributed by atoms with Gasteiger partial charge in [0.2, 0.25) is 0 Å². The molecule has 0 unspecified atom stereocenters. The molecule has 84 valence electrons. The molecule has 3 heteroatoms. The first-order valence-electron chi connectivity index (χ1n) is 5.53. The Morgan fingerprint density at radius 2 is 2.12 bits per heavy atom. The zero-order chi connectivity index (χ0) is 11.5. The quantitative estimate of drug-likeness (QED) is 0.851. The van der Waals surface area contributed by atoms with E-state index in [1.165, 1.54) is 16.8 Å². The first-order chi connectivity index (χ1) is 7.74. The summed E-state index contributed by atoms with van der Waals surface area (Å²) in [6, 6.07) is 6.31. The summed E-state index contributed by atoms with van der Waals surface area (Å²) < 4.78 is 2.12. The number of rotatable bonds is 3. The number of nitrogens with zero attached hydrogens (tertiary/aromatic N) is 2. The average molecular weight is 215 g/mol. The molecule has 1 heterocycles. The molecule has 2 aromatic rings. The van der Waals surface area contributed by atoms with Crippen LogP contribution in [0.1, 0.15) is 17.0 Å². The van der Waals surface area contributed by atoms with Crippen molar-refractivity contribution in [2.45, 2.75) is 20.3 Å². The summed E-state index contributed by atoms with van der Waals surface area (Å²) in [4.78, 5) is 4.34. The number of imidazole rings is 1. The van der Waals surface area contributed by atoms with E-state index in [1.807, 2.05) is 12.4 Å². The molecular weight excluding hydrogens is 198 g/mol. The van der Waals surface area contributed by atoms with Gasteiger partial charge < -0.3 is 10.3 Å². The van der Waals surface area contributed by atoms with E-state index < -0.39 is 0 Å². The third kappa shape index (κ3) is 1.86. The molecule has 2 N–H and O–H groups in total. The standard InChI is InChI=1S/C13H17N3/c1-10-4-3-5-12(11(10)2)16-9-8-15-13(16)6-7-14/h3-5,8-9H,6-7,14H2,1-2H3. The van der Waals surface area contributed by atoms with Gasteiger partial charge in [-0.1, -0.05) is 12.1 Å². The molecule has 0 saturated carbocycles. The van der Waals surface area contributed by atoms with Gasteiger partial charge in [-0.05, 0) is 37.6 Å². The Labute approximate surface area is 95.9 Å². The van der Waals surface area contributed by atoms with Crippen molar-refractivity contribution < 1.29 is 0 Å². The molecule has 0 aliphatic rings. The van der Waals surface area contributed by atoms with Crippen molar-refractivity contribution in [2.75, 3.05) is 6.54 Å². The molecule has 2 rings (SSSR count). The highest BCUT2D eigenvalue weighted by Gasteiger charge is 2.07. The predicted molar refractivity (Wildman–Crippen MR) is 65.8 cm³/mol. The summed E-state index contributed by atoms with van der Waals surface area (Å²) in [6.07, 6.45) is 4.62. The monoisotopic (exact) mass is 215 g/mol. The Bertz CT molecular complexity index is 486. The lowest BCUT2D eigenvalue weighted by atomic mass is 10.1. The minimum atomic E-state index is 0.627. The van der Waals surface area contributed by atoms with Crippen LogP contribution in [-0.2, 0) is 6.42 Å². The van der Waals surface area contributed by atoms with Crippen molar-refractivity contribution in [1.29, 1.82) is 0 Å². The number of benzene rings is 1. The molecule has 0 spiro atoms. The number of aryl methyl sites for hydroxylation is 1. The van der Waals surface area contributed by atoms with Crippen LogP contribution in [0.5, 0.6) is 0 Å². The van der Waals surface area contributed by atoms with Crippen molar-refractivity contribution in [2.24, 2.45) is 5.73 Å². The van der Waals surface area contributed by atoms with Gasteiger partial charge in [0.1, 0.15) is 5.82 Å². The molecule has 0 saturated heterocycles. The van der Waals surface area contributed by atoms with Gasteiger partial charge in [0.15, 0.2) is 0 Å². The van der Waals surface area contributed by atoms with Crippen LogP contribution in [0.25, 0.3) is 5.69 Å². The van der Waals surface area contributed by atoms with Crippen molar-refractivity contribution in [3.63, 3.8) is 0 Å². The highest BCUT2D eigenvalue weighted by atomic mass is 15.1. The van der Waals surface area contributed by atoms with Crippen molar-refractivity contribution >= 4 is 0 Å². The van der Waals surface area contributed by atoms with Crippen molar-refractivity contribution in [3.8, 4) is 5.69 Å². The van der Waals surface area contributed by atoms with E-state index in [0.29, 0.717) is 6.54 Å². The van der Waals surface area contributed by atoms with Gasteiger partial charge in [-0.15, -0.1) is 0 Å². The summed E-state index contributed by atoms with van der Waals surface area (Å²) in [6.45, 7) is 4.89. The highest BCUT2D eigenvalue weighted by molar-refractivity contribution is 5.45. The van der Waals surface area contributed by atoms with Crippen LogP contribution in [0.15, 0.2) is 30.6 Å². The van der Waals surface area contributed by atoms with Crippen LogP contribution >= 0.6 is 0 Å². The van der Waals surface area contributed by atoms with Gasteiger partial charge in [0.05, 0.1) is 0 Å².